The molecule has 4 aromatic heterocycles. The Hall–Kier alpha value is -7.36. The number of hydrogen-bond donors (Lipinski definition) is 0. The molecule has 0 bridgehead atoms. The van der Waals surface area contributed by atoms with Gasteiger partial charge in [-0.15, -0.1) is 0 Å². The number of para-hydroxylation sites is 4. The Bertz CT molecular complexity index is 2750. The molecule has 7 heterocycles. The van der Waals surface area contributed by atoms with Crippen molar-refractivity contribution in [1.82, 2.24) is 19.9 Å². The van der Waals surface area contributed by atoms with Crippen LogP contribution in [0.3, 0.4) is 0 Å². The van der Waals surface area contributed by atoms with Crippen LogP contribution >= 0.6 is 0 Å². The molecule has 54 heavy (non-hydrogen) atoms. The summed E-state index contributed by atoms with van der Waals surface area (Å²) >= 11 is 0. The number of rotatable bonds is 4. The van der Waals surface area contributed by atoms with Gasteiger partial charge in [0.2, 0.25) is 47.8 Å². The van der Waals surface area contributed by atoms with Gasteiger partial charge in [-0.3, -0.25) is 0 Å². The molecule has 0 radical (unpaired) electrons. The first-order valence-corrected chi connectivity index (χ1v) is 16.8. The van der Waals surface area contributed by atoms with Gasteiger partial charge in [-0.2, -0.15) is 0 Å². The number of benzene rings is 4. The largest absolute Gasteiger partial charge is 0.716 e. The maximum Gasteiger partial charge on any atom is 0.716 e. The van der Waals surface area contributed by atoms with Crippen molar-refractivity contribution in [2.24, 2.45) is 0 Å². The molecule has 16 heteroatoms. The Balaban J connectivity index is 1.33. The van der Waals surface area contributed by atoms with Crippen LogP contribution in [0.5, 0.6) is 46.5 Å². The number of fused-ring (bicyclic) bond motifs is 4. The van der Waals surface area contributed by atoms with Crippen LogP contribution in [0.25, 0.3) is 44.1 Å². The summed E-state index contributed by atoms with van der Waals surface area (Å²) in [7, 11) is 6.20. The summed E-state index contributed by atoms with van der Waals surface area (Å²) in [6, 6.07) is 18.6. The van der Waals surface area contributed by atoms with Crippen molar-refractivity contribution >= 4 is 44.1 Å². The van der Waals surface area contributed by atoms with E-state index in [1.807, 2.05) is 81.9 Å². The van der Waals surface area contributed by atoms with Crippen molar-refractivity contribution < 1.29 is 56.2 Å². The third-order valence-corrected chi connectivity index (χ3v) is 9.78. The van der Waals surface area contributed by atoms with Crippen LogP contribution in [0.15, 0.2) is 97.6 Å². The lowest BCUT2D eigenvalue weighted by molar-refractivity contribution is -1.05. The number of methoxy groups -OCH3 is 4. The van der Waals surface area contributed by atoms with E-state index in [9.17, 15) is 0 Å². The van der Waals surface area contributed by atoms with E-state index in [4.69, 9.17) is 57.8 Å². The predicted molar refractivity (Wildman–Crippen MR) is 183 cm³/mol. The highest BCUT2D eigenvalue weighted by Gasteiger charge is 2.71. The van der Waals surface area contributed by atoms with Gasteiger partial charge in [-0.25, -0.2) is 19.9 Å². The van der Waals surface area contributed by atoms with Crippen LogP contribution in [0.4, 0.5) is 0 Å². The number of nitrogens with zero attached hydrogens (tertiary/aromatic N) is 8. The fraction of sp³-hybridized carbons (Fsp3) is 0.158. The molecular weight excluding hydrogens is 696 g/mol. The first-order chi connectivity index (χ1) is 26.5. The Labute approximate surface area is 304 Å². The molecule has 264 valence electrons. The van der Waals surface area contributed by atoms with Gasteiger partial charge in [0.05, 0.1) is 28.4 Å². The van der Waals surface area contributed by atoms with Crippen LogP contribution in [-0.4, -0.2) is 48.4 Å². The predicted octanol–water partition coefficient (Wildman–Crippen LogP) is 2.55. The van der Waals surface area contributed by atoms with Gasteiger partial charge in [-0.05, 0) is 66.8 Å². The minimum absolute atomic E-state index is 0.283. The molecule has 0 saturated heterocycles. The molecule has 0 amide bonds. The number of aromatic nitrogens is 8. The molecule has 2 spiro atoms. The second-order valence-corrected chi connectivity index (χ2v) is 12.6. The second-order valence-electron chi connectivity index (χ2n) is 12.6. The first-order valence-electron chi connectivity index (χ1n) is 16.8. The van der Waals surface area contributed by atoms with Crippen LogP contribution < -0.4 is 56.2 Å². The molecule has 0 fully saturated rings. The van der Waals surface area contributed by atoms with E-state index in [1.165, 1.54) is 0 Å². The van der Waals surface area contributed by atoms with E-state index >= 15 is 0 Å². The van der Waals surface area contributed by atoms with Gasteiger partial charge < -0.3 is 37.9 Å². The molecule has 16 nitrogen and oxygen atoms in total. The van der Waals surface area contributed by atoms with E-state index in [-0.39, 0.29) is 11.8 Å². The lowest BCUT2D eigenvalue weighted by Gasteiger charge is -2.23. The summed E-state index contributed by atoms with van der Waals surface area (Å²) in [4.78, 5) is 19.1. The Morgan fingerprint density at radius 3 is 0.852 bits per heavy atom. The first kappa shape index (κ1) is 30.3. The van der Waals surface area contributed by atoms with E-state index in [2.05, 4.69) is 0 Å². The van der Waals surface area contributed by atoms with Crippen molar-refractivity contribution in [2.45, 2.75) is 12.1 Å². The SMILES string of the molecule is COc1c[n+]2c3c(cccc3n1)OC21Oc2cccc3nc(OC)c[n+](c23)C2(Oc3cccc4nc(OC)c[n+]2c34)Oc2cccc3nc(OC)c[n+]1c23. The van der Waals surface area contributed by atoms with Crippen LogP contribution in [-0.2, 0) is 12.1 Å². The molecule has 3 aliphatic rings. The van der Waals surface area contributed by atoms with Gasteiger partial charge in [0, 0.05) is 0 Å². The molecule has 3 aliphatic heterocycles. The van der Waals surface area contributed by atoms with Gasteiger partial charge >= 0.3 is 12.1 Å². The quantitative estimate of drug-likeness (QED) is 0.247. The summed E-state index contributed by atoms with van der Waals surface area (Å²) < 4.78 is 59.0. The Kier molecular flexibility index (Phi) is 5.94. The zero-order chi connectivity index (χ0) is 36.3. The van der Waals surface area contributed by atoms with E-state index < -0.39 is 12.1 Å². The zero-order valence-electron chi connectivity index (χ0n) is 29.1. The number of hydrogen-bond acceptors (Lipinski definition) is 12. The fourth-order valence-corrected chi connectivity index (χ4v) is 7.52. The summed E-state index contributed by atoms with van der Waals surface area (Å²) in [5.41, 5.74) is 4.49. The number of ether oxygens (including phenoxy) is 8. The zero-order valence-corrected chi connectivity index (χ0v) is 29.1. The monoisotopic (exact) mass is 724 g/mol. The summed E-state index contributed by atoms with van der Waals surface area (Å²) in [6.45, 7) is 0. The third-order valence-electron chi connectivity index (χ3n) is 9.78. The molecule has 0 unspecified atom stereocenters. The minimum atomic E-state index is -1.83. The lowest BCUT2D eigenvalue weighted by atomic mass is 10.2. The highest BCUT2D eigenvalue weighted by Crippen LogP contribution is 2.41. The van der Waals surface area contributed by atoms with Gasteiger partial charge in [0.15, 0.2) is 0 Å². The second kappa shape index (κ2) is 10.6. The standard InChI is InChI=1S/C38H28N8O8/c1-47-29-17-43-33-21(39-29)9-5-13-25(33)54-38(46-20-32(50-4)42-24-12-8-16-28(52-38)36(24)46)44-18-30(48-2)40-22-10-6-14-26(34(22)44)53-37(43)45-19-31(49-3)41-23-11-7-15-27(51-37)35(23)45/h5-20H,1-4H3/q+4. The van der Waals surface area contributed by atoms with Gasteiger partial charge in [0.25, 0.3) is 45.6 Å². The lowest BCUT2D eigenvalue weighted by Crippen LogP contribution is -2.80. The van der Waals surface area contributed by atoms with Gasteiger partial charge in [0.1, 0.15) is 22.1 Å². The van der Waals surface area contributed by atoms with Crippen LogP contribution in [0, 0.1) is 0 Å². The van der Waals surface area contributed by atoms with Crippen molar-refractivity contribution in [3.05, 3.63) is 97.6 Å². The molecular formula is C38H28N8O8+4. The average Bonchev–Trinajstić information content (AvgIpc) is 3.70. The van der Waals surface area contributed by atoms with E-state index in [0.717, 1.165) is 0 Å². The topological polar surface area (TPSA) is 141 Å². The third kappa shape index (κ3) is 3.85. The normalized spacial score (nSPS) is 18.7. The molecule has 0 N–H and O–H groups in total. The Morgan fingerprint density at radius 1 is 0.389 bits per heavy atom. The van der Waals surface area contributed by atoms with E-state index in [1.54, 1.807) is 62.4 Å². The van der Waals surface area contributed by atoms with Crippen LogP contribution in [0.2, 0.25) is 0 Å². The van der Waals surface area contributed by atoms with Crippen molar-refractivity contribution in [3.63, 3.8) is 0 Å². The smallest absolute Gasteiger partial charge is 0.477 e. The molecule has 0 aliphatic carbocycles. The van der Waals surface area contributed by atoms with E-state index in [0.29, 0.717) is 78.9 Å². The van der Waals surface area contributed by atoms with Gasteiger partial charge in [-0.1, -0.05) is 24.3 Å². The summed E-state index contributed by atoms with van der Waals surface area (Å²) in [6.07, 6.45) is 6.86. The molecule has 0 atom stereocenters. The molecule has 4 aromatic carbocycles. The van der Waals surface area contributed by atoms with Crippen molar-refractivity contribution in [1.29, 1.82) is 0 Å². The summed E-state index contributed by atoms with van der Waals surface area (Å²) in [5, 5.41) is 0. The maximum absolute atomic E-state index is 7.36. The summed E-state index contributed by atoms with van der Waals surface area (Å²) in [5.74, 6) is 2.92. The highest BCUT2D eigenvalue weighted by atomic mass is 16.8. The van der Waals surface area contributed by atoms with Crippen molar-refractivity contribution in [2.75, 3.05) is 28.4 Å². The van der Waals surface area contributed by atoms with Crippen LogP contribution in [0.1, 0.15) is 0 Å². The highest BCUT2D eigenvalue weighted by molar-refractivity contribution is 5.82. The minimum Gasteiger partial charge on any atom is -0.477 e. The Morgan fingerprint density at radius 2 is 0.630 bits per heavy atom. The molecule has 11 rings (SSSR count). The maximum atomic E-state index is 7.36. The van der Waals surface area contributed by atoms with Crippen molar-refractivity contribution in [3.8, 4) is 46.5 Å². The molecule has 0 saturated carbocycles. The average molecular weight is 725 g/mol. The molecule has 8 aromatic rings. The fourth-order valence-electron chi connectivity index (χ4n) is 7.52.